The van der Waals surface area contributed by atoms with E-state index in [2.05, 4.69) is 34.2 Å². The van der Waals surface area contributed by atoms with Crippen LogP contribution in [-0.4, -0.2) is 5.78 Å². The molecular weight excluding hydrogens is 280 g/mol. The average Bonchev–Trinajstić information content (AvgIpc) is 2.96. The number of allylic oxidation sites excluding steroid dienone is 1. The van der Waals surface area contributed by atoms with Gasteiger partial charge in [0, 0.05) is 22.6 Å². The molecule has 2 aliphatic rings. The molecule has 0 unspecified atom stereocenters. The van der Waals surface area contributed by atoms with Gasteiger partial charge in [-0.1, -0.05) is 18.2 Å². The predicted octanol–water partition coefficient (Wildman–Crippen LogP) is 4.33. The molecule has 1 aliphatic heterocycles. The highest BCUT2D eigenvalue weighted by atomic mass is 32.1. The van der Waals surface area contributed by atoms with Crippen LogP contribution in [0.1, 0.15) is 30.2 Å². The van der Waals surface area contributed by atoms with Crippen LogP contribution in [0.4, 0.5) is 11.4 Å². The number of ketones is 1. The summed E-state index contributed by atoms with van der Waals surface area (Å²) in [5, 5.41) is 9.11. The van der Waals surface area contributed by atoms with E-state index in [0.717, 1.165) is 35.5 Å². The summed E-state index contributed by atoms with van der Waals surface area (Å²) in [6.07, 6.45) is 2.53. The Kier molecular flexibility index (Phi) is 3.04. The molecule has 0 fully saturated rings. The first-order valence-electron chi connectivity index (χ1n) is 7.25. The molecule has 4 heteroatoms. The van der Waals surface area contributed by atoms with Crippen molar-refractivity contribution in [3.8, 4) is 0 Å². The Bertz CT molecular complexity index is 718. The van der Waals surface area contributed by atoms with Crippen LogP contribution >= 0.6 is 11.3 Å². The van der Waals surface area contributed by atoms with Gasteiger partial charge in [-0.25, -0.2) is 0 Å². The van der Waals surface area contributed by atoms with Crippen molar-refractivity contribution in [2.75, 3.05) is 10.6 Å². The van der Waals surface area contributed by atoms with E-state index in [1.165, 1.54) is 4.88 Å². The third-order valence-corrected chi connectivity index (χ3v) is 5.02. The first-order valence-corrected chi connectivity index (χ1v) is 8.13. The first kappa shape index (κ1) is 12.7. The van der Waals surface area contributed by atoms with E-state index in [1.54, 1.807) is 11.3 Å². The van der Waals surface area contributed by atoms with Crippen LogP contribution in [0, 0.1) is 0 Å². The van der Waals surface area contributed by atoms with E-state index in [0.29, 0.717) is 6.42 Å². The first-order chi connectivity index (χ1) is 10.3. The number of anilines is 2. The zero-order valence-corrected chi connectivity index (χ0v) is 12.4. The molecule has 0 amide bonds. The molecule has 0 spiro atoms. The Hall–Kier alpha value is -2.07. The highest BCUT2D eigenvalue weighted by Crippen LogP contribution is 2.41. The number of rotatable bonds is 1. The number of benzene rings is 1. The number of thiophene rings is 1. The third kappa shape index (κ3) is 2.16. The SMILES string of the molecule is O=C1CCCC2=C1[C@H](c1cccs1)Nc1ccccc1N2. The van der Waals surface area contributed by atoms with Crippen molar-refractivity contribution in [1.82, 2.24) is 0 Å². The summed E-state index contributed by atoms with van der Waals surface area (Å²) in [7, 11) is 0. The van der Waals surface area contributed by atoms with E-state index < -0.39 is 0 Å². The van der Waals surface area contributed by atoms with E-state index in [-0.39, 0.29) is 11.8 Å². The molecule has 2 aromatic rings. The number of hydrogen-bond donors (Lipinski definition) is 2. The molecule has 2 N–H and O–H groups in total. The number of para-hydroxylation sites is 2. The fourth-order valence-electron chi connectivity index (χ4n) is 3.11. The van der Waals surface area contributed by atoms with Gasteiger partial charge in [0.05, 0.1) is 17.4 Å². The summed E-state index contributed by atoms with van der Waals surface area (Å²) in [6, 6.07) is 12.3. The molecule has 0 radical (unpaired) electrons. The van der Waals surface area contributed by atoms with Crippen molar-refractivity contribution < 1.29 is 4.79 Å². The summed E-state index contributed by atoms with van der Waals surface area (Å²) in [5.74, 6) is 0.266. The molecule has 1 aromatic carbocycles. The second kappa shape index (κ2) is 5.04. The van der Waals surface area contributed by atoms with Crippen LogP contribution in [0.15, 0.2) is 53.0 Å². The summed E-state index contributed by atoms with van der Waals surface area (Å²) in [4.78, 5) is 13.7. The molecule has 1 aliphatic carbocycles. The second-order valence-electron chi connectivity index (χ2n) is 5.43. The molecule has 2 heterocycles. The van der Waals surface area contributed by atoms with E-state index in [4.69, 9.17) is 0 Å². The van der Waals surface area contributed by atoms with Crippen LogP contribution in [-0.2, 0) is 4.79 Å². The van der Waals surface area contributed by atoms with Crippen molar-refractivity contribution in [1.29, 1.82) is 0 Å². The number of fused-ring (bicyclic) bond motifs is 1. The average molecular weight is 296 g/mol. The number of nitrogens with one attached hydrogen (secondary N) is 2. The lowest BCUT2D eigenvalue weighted by Gasteiger charge is -2.24. The lowest BCUT2D eigenvalue weighted by atomic mass is 9.89. The Morgan fingerprint density at radius 3 is 2.71 bits per heavy atom. The lowest BCUT2D eigenvalue weighted by Crippen LogP contribution is -2.22. The van der Waals surface area contributed by atoms with Crippen molar-refractivity contribution in [2.24, 2.45) is 0 Å². The van der Waals surface area contributed by atoms with Gasteiger partial charge in [-0.05, 0) is 36.4 Å². The summed E-state index contributed by atoms with van der Waals surface area (Å²) in [6.45, 7) is 0. The number of carbonyl (C=O) groups is 1. The smallest absolute Gasteiger partial charge is 0.163 e. The maximum absolute atomic E-state index is 12.5. The summed E-state index contributed by atoms with van der Waals surface area (Å²) >= 11 is 1.69. The third-order valence-electron chi connectivity index (χ3n) is 4.08. The highest BCUT2D eigenvalue weighted by molar-refractivity contribution is 7.10. The molecule has 4 rings (SSSR count). The fourth-order valence-corrected chi connectivity index (χ4v) is 3.89. The zero-order valence-electron chi connectivity index (χ0n) is 11.6. The van der Waals surface area contributed by atoms with Gasteiger partial charge in [-0.15, -0.1) is 11.3 Å². The molecule has 106 valence electrons. The Labute approximate surface area is 127 Å². The molecule has 0 bridgehead atoms. The van der Waals surface area contributed by atoms with Gasteiger partial charge >= 0.3 is 0 Å². The Morgan fingerprint density at radius 1 is 1.05 bits per heavy atom. The monoisotopic (exact) mass is 296 g/mol. The minimum atomic E-state index is -0.0380. The van der Waals surface area contributed by atoms with Crippen LogP contribution in [0.25, 0.3) is 0 Å². The van der Waals surface area contributed by atoms with Crippen molar-refractivity contribution in [2.45, 2.75) is 25.3 Å². The normalized spacial score (nSPS) is 21.0. The van der Waals surface area contributed by atoms with Crippen LogP contribution in [0.2, 0.25) is 0 Å². The standard InChI is InChI=1S/C17H16N2OS/c20-14-8-3-7-13-16(14)17(15-9-4-10-21-15)19-12-6-2-1-5-11(12)18-13/h1-2,4-6,9-10,17-19H,3,7-8H2/t17-/m0/s1. The molecule has 1 aromatic heterocycles. The van der Waals surface area contributed by atoms with Gasteiger partial charge in [-0.2, -0.15) is 0 Å². The summed E-state index contributed by atoms with van der Waals surface area (Å²) < 4.78 is 0. The van der Waals surface area contributed by atoms with Crippen molar-refractivity contribution in [3.05, 3.63) is 57.9 Å². The number of carbonyl (C=O) groups excluding carboxylic acids is 1. The molecule has 21 heavy (non-hydrogen) atoms. The Morgan fingerprint density at radius 2 is 1.90 bits per heavy atom. The van der Waals surface area contributed by atoms with E-state index in [9.17, 15) is 4.79 Å². The number of Topliss-reactive ketones (excluding diaryl/α,β-unsaturated/α-hetero) is 1. The second-order valence-corrected chi connectivity index (χ2v) is 6.41. The maximum Gasteiger partial charge on any atom is 0.163 e. The van der Waals surface area contributed by atoms with Gasteiger partial charge in [0.2, 0.25) is 0 Å². The van der Waals surface area contributed by atoms with Gasteiger partial charge in [0.15, 0.2) is 5.78 Å². The minimum absolute atomic E-state index is 0.0380. The molecule has 0 saturated heterocycles. The van der Waals surface area contributed by atoms with E-state index >= 15 is 0 Å². The number of hydrogen-bond acceptors (Lipinski definition) is 4. The quantitative estimate of drug-likeness (QED) is 0.822. The fraction of sp³-hybridized carbons (Fsp3) is 0.235. The summed E-state index contributed by atoms with van der Waals surface area (Å²) in [5.41, 5.74) is 4.11. The molecule has 3 nitrogen and oxygen atoms in total. The van der Waals surface area contributed by atoms with Gasteiger partial charge < -0.3 is 10.6 Å². The van der Waals surface area contributed by atoms with Gasteiger partial charge in [-0.3, -0.25) is 4.79 Å². The van der Waals surface area contributed by atoms with Crippen molar-refractivity contribution >= 4 is 28.5 Å². The Balaban J connectivity index is 1.88. The predicted molar refractivity (Wildman–Crippen MR) is 86.6 cm³/mol. The zero-order chi connectivity index (χ0) is 14.2. The lowest BCUT2D eigenvalue weighted by molar-refractivity contribution is -0.116. The van der Waals surface area contributed by atoms with Crippen molar-refractivity contribution in [3.63, 3.8) is 0 Å². The van der Waals surface area contributed by atoms with Gasteiger partial charge in [0.1, 0.15) is 0 Å². The minimum Gasteiger partial charge on any atom is -0.372 e. The molecule has 0 saturated carbocycles. The van der Waals surface area contributed by atoms with Crippen LogP contribution in [0.5, 0.6) is 0 Å². The molecule has 1 atom stereocenters. The van der Waals surface area contributed by atoms with Crippen LogP contribution in [0.3, 0.4) is 0 Å². The van der Waals surface area contributed by atoms with E-state index in [1.807, 2.05) is 18.2 Å². The van der Waals surface area contributed by atoms with Gasteiger partial charge in [0.25, 0.3) is 0 Å². The van der Waals surface area contributed by atoms with Crippen LogP contribution < -0.4 is 10.6 Å². The largest absolute Gasteiger partial charge is 0.372 e. The topological polar surface area (TPSA) is 41.1 Å². The molecular formula is C17H16N2OS. The maximum atomic E-state index is 12.5. The highest BCUT2D eigenvalue weighted by Gasteiger charge is 2.32.